The number of carbonyl (C=O) groups is 2. The van der Waals surface area contributed by atoms with Gasteiger partial charge in [-0.25, -0.2) is 9.78 Å². The Kier molecular flexibility index (Phi) is 7.05. The molecular weight excluding hydrogens is 384 g/mol. The number of carbonyl (C=O) groups excluding carboxylic acids is 2. The van der Waals surface area contributed by atoms with Crippen molar-refractivity contribution < 1.29 is 18.7 Å². The summed E-state index contributed by atoms with van der Waals surface area (Å²) < 4.78 is 10.7. The van der Waals surface area contributed by atoms with E-state index in [1.54, 1.807) is 38.6 Å². The first kappa shape index (κ1) is 20.9. The van der Waals surface area contributed by atoms with Crippen molar-refractivity contribution in [2.45, 2.75) is 12.8 Å². The maximum Gasteiger partial charge on any atom is 0.319 e. The van der Waals surface area contributed by atoms with Gasteiger partial charge in [-0.15, -0.1) is 0 Å². The van der Waals surface area contributed by atoms with E-state index in [1.165, 1.54) is 0 Å². The van der Waals surface area contributed by atoms with E-state index in [9.17, 15) is 9.59 Å². The van der Waals surface area contributed by atoms with Crippen LogP contribution < -0.4 is 20.7 Å². The van der Waals surface area contributed by atoms with Gasteiger partial charge in [0, 0.05) is 31.3 Å². The van der Waals surface area contributed by atoms with E-state index in [1.807, 2.05) is 30.3 Å². The number of amides is 3. The second-order valence-electron chi connectivity index (χ2n) is 6.51. The lowest BCUT2D eigenvalue weighted by Crippen LogP contribution is -2.31. The second kappa shape index (κ2) is 10.1. The first-order valence-corrected chi connectivity index (χ1v) is 9.51. The molecule has 8 heteroatoms. The summed E-state index contributed by atoms with van der Waals surface area (Å²) in [5.41, 5.74) is 2.93. The fourth-order valence-electron chi connectivity index (χ4n) is 2.82. The lowest BCUT2D eigenvalue weighted by Gasteiger charge is -2.11. The number of rotatable bonds is 8. The van der Waals surface area contributed by atoms with E-state index >= 15 is 0 Å². The highest BCUT2D eigenvalue weighted by Crippen LogP contribution is 2.22. The van der Waals surface area contributed by atoms with Crippen LogP contribution in [0.1, 0.15) is 11.3 Å². The summed E-state index contributed by atoms with van der Waals surface area (Å²) in [6.45, 7) is 0.387. The second-order valence-corrected chi connectivity index (χ2v) is 6.51. The maximum absolute atomic E-state index is 12.2. The summed E-state index contributed by atoms with van der Waals surface area (Å²) in [5, 5.41) is 8.15. The molecule has 8 nitrogen and oxygen atoms in total. The molecule has 1 aromatic heterocycles. The number of nitrogens with one attached hydrogen (secondary N) is 3. The van der Waals surface area contributed by atoms with Crippen LogP contribution in [0.3, 0.4) is 0 Å². The Morgan fingerprint density at radius 2 is 1.87 bits per heavy atom. The Bertz CT molecular complexity index is 998. The predicted molar refractivity (Wildman–Crippen MR) is 113 cm³/mol. The molecule has 0 atom stereocenters. The molecule has 0 fully saturated rings. The van der Waals surface area contributed by atoms with Crippen molar-refractivity contribution in [2.24, 2.45) is 0 Å². The number of nitrogens with zero attached hydrogens (tertiary/aromatic N) is 1. The molecule has 0 aliphatic heterocycles. The number of likely N-dealkylation sites (N-methyl/N-ethyl adjacent to an activating group) is 1. The zero-order valence-electron chi connectivity index (χ0n) is 16.9. The third-order valence-corrected chi connectivity index (χ3v) is 4.45. The minimum absolute atomic E-state index is 0.122. The van der Waals surface area contributed by atoms with E-state index in [2.05, 4.69) is 20.9 Å². The molecule has 0 aliphatic rings. The summed E-state index contributed by atoms with van der Waals surface area (Å²) in [5.74, 6) is 1.15. The lowest BCUT2D eigenvalue weighted by molar-refractivity contribution is -0.119. The Labute approximate surface area is 174 Å². The van der Waals surface area contributed by atoms with Gasteiger partial charge in [-0.2, -0.15) is 0 Å². The van der Waals surface area contributed by atoms with Gasteiger partial charge < -0.3 is 25.1 Å². The predicted octanol–water partition coefficient (Wildman–Crippen LogP) is 3.00. The van der Waals surface area contributed by atoms with Crippen LogP contribution in [0.25, 0.3) is 11.5 Å². The normalized spacial score (nSPS) is 10.3. The van der Waals surface area contributed by atoms with Crippen molar-refractivity contribution in [1.82, 2.24) is 15.6 Å². The van der Waals surface area contributed by atoms with Crippen molar-refractivity contribution in [3.63, 3.8) is 0 Å². The van der Waals surface area contributed by atoms with Gasteiger partial charge >= 0.3 is 6.03 Å². The van der Waals surface area contributed by atoms with E-state index in [0.29, 0.717) is 24.5 Å². The Morgan fingerprint density at radius 3 is 2.60 bits per heavy atom. The maximum atomic E-state index is 12.2. The average molecular weight is 408 g/mol. The van der Waals surface area contributed by atoms with Crippen molar-refractivity contribution in [3.8, 4) is 17.2 Å². The highest BCUT2D eigenvalue weighted by molar-refractivity contribution is 5.91. The smallest absolute Gasteiger partial charge is 0.319 e. The summed E-state index contributed by atoms with van der Waals surface area (Å²) >= 11 is 0. The van der Waals surface area contributed by atoms with Gasteiger partial charge in [-0.3, -0.25) is 4.79 Å². The van der Waals surface area contributed by atoms with Crippen LogP contribution in [0.4, 0.5) is 10.5 Å². The number of aromatic nitrogens is 1. The standard InChI is InChI=1S/C22H24N4O4/c1-23-20(27)13-16-5-3-4-6-19(16)26-22(28)24-12-11-17-14-30-21(25-17)15-7-9-18(29-2)10-8-15/h3-10,14H,11-13H2,1-2H3,(H,23,27)(H2,24,26,28). The highest BCUT2D eigenvalue weighted by Gasteiger charge is 2.10. The molecule has 0 spiro atoms. The molecule has 156 valence electrons. The molecule has 3 N–H and O–H groups in total. The van der Waals surface area contributed by atoms with Gasteiger partial charge in [0.25, 0.3) is 0 Å². The number of hydrogen-bond donors (Lipinski definition) is 3. The number of urea groups is 1. The highest BCUT2D eigenvalue weighted by atomic mass is 16.5. The van der Waals surface area contributed by atoms with Crippen LogP contribution in [-0.4, -0.2) is 37.6 Å². The number of anilines is 1. The fourth-order valence-corrected chi connectivity index (χ4v) is 2.82. The van der Waals surface area contributed by atoms with Crippen LogP contribution in [0.5, 0.6) is 5.75 Å². The first-order chi connectivity index (χ1) is 14.6. The monoisotopic (exact) mass is 408 g/mol. The molecule has 0 bridgehead atoms. The number of oxazole rings is 1. The molecule has 2 aromatic carbocycles. The Hall–Kier alpha value is -3.81. The number of para-hydroxylation sites is 1. The SMILES string of the molecule is CNC(=O)Cc1ccccc1NC(=O)NCCc1coc(-c2ccc(OC)cc2)n1. The molecule has 0 saturated carbocycles. The van der Waals surface area contributed by atoms with Gasteiger partial charge in [-0.05, 0) is 35.9 Å². The van der Waals surface area contributed by atoms with Gasteiger partial charge in [0.1, 0.15) is 12.0 Å². The Balaban J connectivity index is 1.51. The summed E-state index contributed by atoms with van der Waals surface area (Å²) in [7, 11) is 3.19. The molecule has 0 saturated heterocycles. The van der Waals surface area contributed by atoms with Crippen molar-refractivity contribution in [3.05, 3.63) is 66.1 Å². The van der Waals surface area contributed by atoms with Gasteiger partial charge in [0.2, 0.25) is 11.8 Å². The molecule has 3 rings (SSSR count). The number of ether oxygens (including phenoxy) is 1. The molecule has 3 amide bonds. The zero-order chi connectivity index (χ0) is 21.3. The third kappa shape index (κ3) is 5.60. The average Bonchev–Trinajstić information content (AvgIpc) is 3.24. The van der Waals surface area contributed by atoms with Crippen LogP contribution in [-0.2, 0) is 17.6 Å². The van der Waals surface area contributed by atoms with Crippen LogP contribution in [0, 0.1) is 0 Å². The van der Waals surface area contributed by atoms with Crippen molar-refractivity contribution >= 4 is 17.6 Å². The van der Waals surface area contributed by atoms with E-state index in [4.69, 9.17) is 9.15 Å². The summed E-state index contributed by atoms with van der Waals surface area (Å²) in [6.07, 6.45) is 2.30. The molecule has 0 radical (unpaired) electrons. The number of methoxy groups -OCH3 is 1. The minimum Gasteiger partial charge on any atom is -0.497 e. The summed E-state index contributed by atoms with van der Waals surface area (Å²) in [4.78, 5) is 28.3. The Morgan fingerprint density at radius 1 is 1.10 bits per heavy atom. The molecule has 0 aliphatic carbocycles. The molecule has 1 heterocycles. The lowest BCUT2D eigenvalue weighted by atomic mass is 10.1. The van der Waals surface area contributed by atoms with E-state index in [0.717, 1.165) is 22.6 Å². The number of hydrogen-bond acceptors (Lipinski definition) is 5. The zero-order valence-corrected chi connectivity index (χ0v) is 16.9. The van der Waals surface area contributed by atoms with Crippen LogP contribution >= 0.6 is 0 Å². The van der Waals surface area contributed by atoms with Crippen LogP contribution in [0.15, 0.2) is 59.2 Å². The van der Waals surface area contributed by atoms with Gasteiger partial charge in [0.15, 0.2) is 0 Å². The third-order valence-electron chi connectivity index (χ3n) is 4.45. The quantitative estimate of drug-likeness (QED) is 0.531. The molecule has 30 heavy (non-hydrogen) atoms. The molecule has 0 unspecified atom stereocenters. The van der Waals surface area contributed by atoms with E-state index in [-0.39, 0.29) is 18.4 Å². The molecular formula is C22H24N4O4. The minimum atomic E-state index is -0.349. The van der Waals surface area contributed by atoms with E-state index < -0.39 is 0 Å². The van der Waals surface area contributed by atoms with Crippen molar-refractivity contribution in [1.29, 1.82) is 0 Å². The number of benzene rings is 2. The van der Waals surface area contributed by atoms with Gasteiger partial charge in [-0.1, -0.05) is 18.2 Å². The fraction of sp³-hybridized carbons (Fsp3) is 0.227. The summed E-state index contributed by atoms with van der Waals surface area (Å²) in [6, 6.07) is 14.3. The largest absolute Gasteiger partial charge is 0.497 e. The topological polar surface area (TPSA) is 105 Å². The first-order valence-electron chi connectivity index (χ1n) is 9.51. The van der Waals surface area contributed by atoms with Crippen LogP contribution in [0.2, 0.25) is 0 Å². The van der Waals surface area contributed by atoms with Crippen molar-refractivity contribution in [2.75, 3.05) is 26.0 Å². The molecule has 3 aromatic rings. The van der Waals surface area contributed by atoms with Gasteiger partial charge in [0.05, 0.1) is 19.2 Å².